The predicted octanol–water partition coefficient (Wildman–Crippen LogP) is 5.00. The molecule has 4 rings (SSSR count). The summed E-state index contributed by atoms with van der Waals surface area (Å²) in [5.41, 5.74) is 3.11. The molecular formula is C25H19BrN2O4. The Bertz CT molecular complexity index is 1220. The zero-order chi connectivity index (χ0) is 22.7. The van der Waals surface area contributed by atoms with E-state index in [9.17, 15) is 14.4 Å². The van der Waals surface area contributed by atoms with Crippen LogP contribution in [0.3, 0.4) is 0 Å². The summed E-state index contributed by atoms with van der Waals surface area (Å²) >= 11 is 3.32. The minimum atomic E-state index is -0.778. The summed E-state index contributed by atoms with van der Waals surface area (Å²) in [6, 6.07) is 21.0. The fourth-order valence-corrected chi connectivity index (χ4v) is 3.54. The van der Waals surface area contributed by atoms with Crippen LogP contribution in [0.2, 0.25) is 0 Å². The number of ether oxygens (including phenoxy) is 1. The van der Waals surface area contributed by atoms with Crippen molar-refractivity contribution in [2.75, 3.05) is 4.90 Å². The minimum absolute atomic E-state index is 0.124. The summed E-state index contributed by atoms with van der Waals surface area (Å²) in [6.45, 7) is 2.47. The average Bonchev–Trinajstić information content (AvgIpc) is 2.77. The van der Waals surface area contributed by atoms with Gasteiger partial charge in [-0.3, -0.25) is 14.9 Å². The van der Waals surface area contributed by atoms with Crippen LogP contribution in [-0.4, -0.2) is 17.8 Å². The Morgan fingerprint density at radius 3 is 2.38 bits per heavy atom. The lowest BCUT2D eigenvalue weighted by atomic mass is 10.1. The first-order valence-corrected chi connectivity index (χ1v) is 10.7. The van der Waals surface area contributed by atoms with E-state index in [1.807, 2.05) is 25.1 Å². The molecule has 1 saturated heterocycles. The Hall–Kier alpha value is -3.71. The number of amides is 4. The molecule has 160 valence electrons. The number of rotatable bonds is 5. The third-order valence-electron chi connectivity index (χ3n) is 4.87. The average molecular weight is 491 g/mol. The van der Waals surface area contributed by atoms with Crippen LogP contribution in [0.4, 0.5) is 10.5 Å². The molecule has 7 heteroatoms. The van der Waals surface area contributed by atoms with E-state index in [1.165, 1.54) is 11.6 Å². The minimum Gasteiger partial charge on any atom is -0.489 e. The second-order valence-electron chi connectivity index (χ2n) is 7.28. The number of carbonyl (C=O) groups excluding carboxylic acids is 3. The van der Waals surface area contributed by atoms with Gasteiger partial charge in [0.15, 0.2) is 0 Å². The molecule has 1 aliphatic rings. The number of anilines is 1. The van der Waals surface area contributed by atoms with Gasteiger partial charge in [0, 0.05) is 4.47 Å². The normalized spacial score (nSPS) is 15.1. The largest absolute Gasteiger partial charge is 0.489 e. The quantitative estimate of drug-likeness (QED) is 0.403. The molecule has 1 heterocycles. The number of halogens is 1. The third-order valence-corrected chi connectivity index (χ3v) is 5.39. The van der Waals surface area contributed by atoms with Crippen molar-refractivity contribution in [3.63, 3.8) is 0 Å². The summed E-state index contributed by atoms with van der Waals surface area (Å²) in [7, 11) is 0. The third kappa shape index (κ3) is 4.78. The van der Waals surface area contributed by atoms with E-state index in [2.05, 4.69) is 27.3 Å². The number of nitrogens with zero attached hydrogens (tertiary/aromatic N) is 1. The van der Waals surface area contributed by atoms with E-state index in [0.29, 0.717) is 23.6 Å². The van der Waals surface area contributed by atoms with Crippen molar-refractivity contribution in [2.24, 2.45) is 0 Å². The van der Waals surface area contributed by atoms with E-state index >= 15 is 0 Å². The molecule has 1 N–H and O–H groups in total. The molecule has 6 nitrogen and oxygen atoms in total. The van der Waals surface area contributed by atoms with Crippen LogP contribution in [0, 0.1) is 6.92 Å². The zero-order valence-corrected chi connectivity index (χ0v) is 18.8. The van der Waals surface area contributed by atoms with Gasteiger partial charge in [-0.1, -0.05) is 57.9 Å². The maximum Gasteiger partial charge on any atom is 0.335 e. The highest BCUT2D eigenvalue weighted by atomic mass is 79.9. The second-order valence-corrected chi connectivity index (χ2v) is 8.20. The Morgan fingerprint density at radius 1 is 0.969 bits per heavy atom. The monoisotopic (exact) mass is 490 g/mol. The summed E-state index contributed by atoms with van der Waals surface area (Å²) in [5, 5.41) is 2.22. The highest BCUT2D eigenvalue weighted by Gasteiger charge is 2.36. The molecule has 32 heavy (non-hydrogen) atoms. The maximum absolute atomic E-state index is 12.9. The molecule has 0 radical (unpaired) electrons. The Balaban J connectivity index is 1.51. The van der Waals surface area contributed by atoms with Crippen LogP contribution < -0.4 is 15.0 Å². The standard InChI is InChI=1S/C25H19BrN2O4/c1-16-3-2-4-18(13-16)15-32-21-11-5-17(6-12-21)14-22-23(29)27-25(31)28(24(22)30)20-9-7-19(26)8-10-20/h2-14H,15H2,1H3,(H,27,29,31)/b22-14-. The van der Waals surface area contributed by atoms with E-state index in [1.54, 1.807) is 48.5 Å². The highest BCUT2D eigenvalue weighted by Crippen LogP contribution is 2.24. The van der Waals surface area contributed by atoms with Gasteiger partial charge >= 0.3 is 6.03 Å². The molecule has 4 amide bonds. The smallest absolute Gasteiger partial charge is 0.335 e. The second kappa shape index (κ2) is 9.20. The maximum atomic E-state index is 12.9. The summed E-state index contributed by atoms with van der Waals surface area (Å²) in [6.07, 6.45) is 1.46. The molecule has 0 aliphatic carbocycles. The molecule has 0 bridgehead atoms. The molecular weight excluding hydrogens is 472 g/mol. The summed E-state index contributed by atoms with van der Waals surface area (Å²) in [4.78, 5) is 38.5. The number of carbonyl (C=O) groups is 3. The van der Waals surface area contributed by atoms with E-state index in [4.69, 9.17) is 4.74 Å². The van der Waals surface area contributed by atoms with Crippen molar-refractivity contribution < 1.29 is 19.1 Å². The van der Waals surface area contributed by atoms with Gasteiger partial charge < -0.3 is 4.74 Å². The van der Waals surface area contributed by atoms with Crippen LogP contribution in [0.5, 0.6) is 5.75 Å². The predicted molar refractivity (Wildman–Crippen MR) is 125 cm³/mol. The van der Waals surface area contributed by atoms with Crippen molar-refractivity contribution in [3.05, 3.63) is 99.5 Å². The molecule has 3 aromatic carbocycles. The number of urea groups is 1. The summed E-state index contributed by atoms with van der Waals surface area (Å²) in [5.74, 6) is -0.742. The number of hydrogen-bond donors (Lipinski definition) is 1. The molecule has 1 aliphatic heterocycles. The molecule has 0 atom stereocenters. The fourth-order valence-electron chi connectivity index (χ4n) is 3.28. The van der Waals surface area contributed by atoms with Crippen LogP contribution in [0.1, 0.15) is 16.7 Å². The number of hydrogen-bond acceptors (Lipinski definition) is 4. The number of aryl methyl sites for hydroxylation is 1. The van der Waals surface area contributed by atoms with Gasteiger partial charge in [-0.25, -0.2) is 9.69 Å². The lowest BCUT2D eigenvalue weighted by molar-refractivity contribution is -0.122. The lowest BCUT2D eigenvalue weighted by Crippen LogP contribution is -2.54. The Kier molecular flexibility index (Phi) is 6.18. The Labute approximate surface area is 193 Å². The molecule has 3 aromatic rings. The van der Waals surface area contributed by atoms with Gasteiger partial charge in [-0.15, -0.1) is 0 Å². The lowest BCUT2D eigenvalue weighted by Gasteiger charge is -2.26. The molecule has 1 fully saturated rings. The number of barbiturate groups is 1. The van der Waals surface area contributed by atoms with Crippen molar-refractivity contribution >= 4 is 45.5 Å². The fraction of sp³-hybridized carbons (Fsp3) is 0.0800. The van der Waals surface area contributed by atoms with Crippen molar-refractivity contribution in [1.29, 1.82) is 0 Å². The van der Waals surface area contributed by atoms with Crippen molar-refractivity contribution in [3.8, 4) is 5.75 Å². The van der Waals surface area contributed by atoms with Gasteiger partial charge in [0.2, 0.25) is 0 Å². The van der Waals surface area contributed by atoms with Crippen LogP contribution in [0.25, 0.3) is 6.08 Å². The molecule has 0 unspecified atom stereocenters. The van der Waals surface area contributed by atoms with Gasteiger partial charge in [-0.05, 0) is 60.5 Å². The van der Waals surface area contributed by atoms with Crippen LogP contribution in [0.15, 0.2) is 82.8 Å². The van der Waals surface area contributed by atoms with Gasteiger partial charge in [0.05, 0.1) is 5.69 Å². The highest BCUT2D eigenvalue weighted by molar-refractivity contribution is 9.10. The first kappa shape index (κ1) is 21.5. The Morgan fingerprint density at radius 2 is 1.69 bits per heavy atom. The van der Waals surface area contributed by atoms with E-state index in [-0.39, 0.29) is 5.57 Å². The first-order chi connectivity index (χ1) is 15.4. The zero-order valence-electron chi connectivity index (χ0n) is 17.2. The van der Waals surface area contributed by atoms with E-state index in [0.717, 1.165) is 14.9 Å². The van der Waals surface area contributed by atoms with Gasteiger partial charge in [-0.2, -0.15) is 0 Å². The topological polar surface area (TPSA) is 75.7 Å². The van der Waals surface area contributed by atoms with Crippen molar-refractivity contribution in [2.45, 2.75) is 13.5 Å². The van der Waals surface area contributed by atoms with Crippen LogP contribution >= 0.6 is 15.9 Å². The van der Waals surface area contributed by atoms with Gasteiger partial charge in [0.25, 0.3) is 11.8 Å². The van der Waals surface area contributed by atoms with Crippen molar-refractivity contribution in [1.82, 2.24) is 5.32 Å². The number of imide groups is 2. The summed E-state index contributed by atoms with van der Waals surface area (Å²) < 4.78 is 6.62. The SMILES string of the molecule is Cc1cccc(COc2ccc(/C=C3/C(=O)NC(=O)N(c4ccc(Br)cc4)C3=O)cc2)c1. The number of benzene rings is 3. The molecule has 0 aromatic heterocycles. The van der Waals surface area contributed by atoms with E-state index < -0.39 is 17.8 Å². The van der Waals surface area contributed by atoms with Gasteiger partial charge in [0.1, 0.15) is 17.9 Å². The number of nitrogens with one attached hydrogen (secondary N) is 1. The molecule has 0 saturated carbocycles. The first-order valence-electron chi connectivity index (χ1n) is 9.86. The molecule has 0 spiro atoms. The van der Waals surface area contributed by atoms with Crippen LogP contribution in [-0.2, 0) is 16.2 Å².